The average Bonchev–Trinajstić information content (AvgIpc) is 3.28. The molecule has 1 fully saturated rings. The minimum absolute atomic E-state index is 0.0680. The molecule has 0 saturated carbocycles. The Kier molecular flexibility index (Phi) is 6.55. The van der Waals surface area contributed by atoms with Gasteiger partial charge in [-0.3, -0.25) is 14.3 Å². The van der Waals surface area contributed by atoms with E-state index in [4.69, 9.17) is 17.3 Å². The highest BCUT2D eigenvalue weighted by Gasteiger charge is 2.24. The summed E-state index contributed by atoms with van der Waals surface area (Å²) < 4.78 is 1.83. The SMILES string of the molecule is C=CC(=O)N1CCCC(n2cc(Nc3ncc(C(N)=O)c(Nc4ccc(Cl)cc4)n3)cn2)C1. The molecule has 4 rings (SSSR count). The van der Waals surface area contributed by atoms with Gasteiger partial charge in [-0.25, -0.2) is 4.98 Å². The van der Waals surface area contributed by atoms with Crippen molar-refractivity contribution in [1.82, 2.24) is 24.6 Å². The number of halogens is 1. The minimum atomic E-state index is -0.651. The van der Waals surface area contributed by atoms with Gasteiger partial charge in [0.2, 0.25) is 11.9 Å². The number of anilines is 4. The van der Waals surface area contributed by atoms with E-state index in [0.29, 0.717) is 22.9 Å². The van der Waals surface area contributed by atoms with Crippen LogP contribution in [0.25, 0.3) is 0 Å². The lowest BCUT2D eigenvalue weighted by Crippen LogP contribution is -2.39. The number of hydrogen-bond donors (Lipinski definition) is 3. The maximum absolute atomic E-state index is 11.9. The molecule has 1 saturated heterocycles. The van der Waals surface area contributed by atoms with E-state index in [-0.39, 0.29) is 29.3 Å². The first-order valence-corrected chi connectivity index (χ1v) is 10.7. The molecular formula is C22H23ClN8O2. The molecule has 1 aromatic carbocycles. The zero-order chi connectivity index (χ0) is 23.4. The fourth-order valence-corrected chi connectivity index (χ4v) is 3.74. The quantitative estimate of drug-likeness (QED) is 0.455. The number of piperidine rings is 1. The molecule has 33 heavy (non-hydrogen) atoms. The number of nitrogens with zero attached hydrogens (tertiary/aromatic N) is 5. The molecule has 10 nitrogen and oxygen atoms in total. The third-order valence-corrected chi connectivity index (χ3v) is 5.53. The van der Waals surface area contributed by atoms with Gasteiger partial charge in [-0.05, 0) is 43.2 Å². The van der Waals surface area contributed by atoms with E-state index in [1.54, 1.807) is 35.4 Å². The summed E-state index contributed by atoms with van der Waals surface area (Å²) in [6, 6.07) is 7.03. The molecule has 0 spiro atoms. The fourth-order valence-electron chi connectivity index (χ4n) is 3.62. The molecule has 2 amide bonds. The predicted molar refractivity (Wildman–Crippen MR) is 126 cm³/mol. The first-order valence-electron chi connectivity index (χ1n) is 10.3. The number of amides is 2. The smallest absolute Gasteiger partial charge is 0.254 e. The van der Waals surface area contributed by atoms with Crippen LogP contribution < -0.4 is 16.4 Å². The van der Waals surface area contributed by atoms with Gasteiger partial charge in [-0.2, -0.15) is 10.1 Å². The monoisotopic (exact) mass is 466 g/mol. The first-order chi connectivity index (χ1) is 15.9. The largest absolute Gasteiger partial charge is 0.365 e. The molecule has 1 atom stereocenters. The molecule has 11 heteroatoms. The van der Waals surface area contributed by atoms with Crippen LogP contribution in [0.2, 0.25) is 5.02 Å². The Morgan fingerprint density at radius 3 is 2.70 bits per heavy atom. The third kappa shape index (κ3) is 5.29. The standard InChI is InChI=1S/C22H23ClN8O2/c1-2-19(32)30-9-3-4-17(13-30)31-12-16(10-26-31)28-22-25-11-18(20(24)33)21(29-22)27-15-7-5-14(23)6-8-15/h2,5-8,10-12,17H,1,3-4,9,13H2,(H2,24,33)(H2,25,27,28,29). The maximum Gasteiger partial charge on any atom is 0.254 e. The van der Waals surface area contributed by atoms with Crippen LogP contribution in [-0.4, -0.2) is 49.6 Å². The Labute approximate surface area is 195 Å². The number of likely N-dealkylation sites (tertiary alicyclic amines) is 1. The number of hydrogen-bond acceptors (Lipinski definition) is 7. The van der Waals surface area contributed by atoms with Gasteiger partial charge in [0.25, 0.3) is 5.91 Å². The Hall–Kier alpha value is -3.92. The van der Waals surface area contributed by atoms with Crippen LogP contribution in [0.15, 0.2) is 55.5 Å². The normalized spacial score (nSPS) is 15.7. The van der Waals surface area contributed by atoms with Crippen molar-refractivity contribution in [3.05, 3.63) is 66.1 Å². The summed E-state index contributed by atoms with van der Waals surface area (Å²) in [7, 11) is 0. The average molecular weight is 467 g/mol. The van der Waals surface area contributed by atoms with Crippen LogP contribution in [0.1, 0.15) is 29.2 Å². The number of benzene rings is 1. The van der Waals surface area contributed by atoms with E-state index in [1.807, 2.05) is 10.9 Å². The van der Waals surface area contributed by atoms with E-state index in [2.05, 4.69) is 32.3 Å². The number of carbonyl (C=O) groups excluding carboxylic acids is 2. The minimum Gasteiger partial charge on any atom is -0.365 e. The molecule has 0 aliphatic carbocycles. The molecule has 1 aliphatic rings. The maximum atomic E-state index is 11.9. The second kappa shape index (κ2) is 9.70. The second-order valence-electron chi connectivity index (χ2n) is 7.57. The van der Waals surface area contributed by atoms with Gasteiger partial charge in [-0.1, -0.05) is 18.2 Å². The predicted octanol–water partition coefficient (Wildman–Crippen LogP) is 3.26. The highest BCUT2D eigenvalue weighted by molar-refractivity contribution is 6.30. The molecule has 0 bridgehead atoms. The molecule has 1 aliphatic heterocycles. The van der Waals surface area contributed by atoms with Crippen molar-refractivity contribution in [2.24, 2.45) is 5.73 Å². The number of aromatic nitrogens is 4. The Balaban J connectivity index is 1.50. The molecule has 0 radical (unpaired) electrons. The lowest BCUT2D eigenvalue weighted by Gasteiger charge is -2.32. The number of rotatable bonds is 7. The van der Waals surface area contributed by atoms with Crippen LogP contribution >= 0.6 is 11.6 Å². The Bertz CT molecular complexity index is 1180. The summed E-state index contributed by atoms with van der Waals surface area (Å²) in [5, 5.41) is 11.2. The lowest BCUT2D eigenvalue weighted by molar-refractivity contribution is -0.127. The number of carbonyl (C=O) groups is 2. The van der Waals surface area contributed by atoms with Crippen molar-refractivity contribution in [2.45, 2.75) is 18.9 Å². The summed E-state index contributed by atoms with van der Waals surface area (Å²) in [5.74, 6) is -0.195. The Morgan fingerprint density at radius 2 is 1.97 bits per heavy atom. The van der Waals surface area contributed by atoms with Crippen LogP contribution in [0.4, 0.5) is 23.1 Å². The lowest BCUT2D eigenvalue weighted by atomic mass is 10.1. The highest BCUT2D eigenvalue weighted by Crippen LogP contribution is 2.25. The number of nitrogens with two attached hydrogens (primary N) is 1. The molecule has 4 N–H and O–H groups in total. The van der Waals surface area contributed by atoms with Crippen molar-refractivity contribution in [1.29, 1.82) is 0 Å². The Morgan fingerprint density at radius 1 is 1.18 bits per heavy atom. The van der Waals surface area contributed by atoms with Crippen LogP contribution in [0.5, 0.6) is 0 Å². The van der Waals surface area contributed by atoms with E-state index >= 15 is 0 Å². The van der Waals surface area contributed by atoms with E-state index < -0.39 is 5.91 Å². The summed E-state index contributed by atoms with van der Waals surface area (Å²) in [4.78, 5) is 34.1. The van der Waals surface area contributed by atoms with Crippen LogP contribution in [0, 0.1) is 0 Å². The summed E-state index contributed by atoms with van der Waals surface area (Å²) >= 11 is 5.93. The van der Waals surface area contributed by atoms with Crippen molar-refractivity contribution >= 4 is 46.6 Å². The van der Waals surface area contributed by atoms with Gasteiger partial charge in [0, 0.05) is 36.2 Å². The number of primary amides is 1. The van der Waals surface area contributed by atoms with Crippen LogP contribution in [0.3, 0.4) is 0 Å². The van der Waals surface area contributed by atoms with Gasteiger partial charge in [-0.15, -0.1) is 0 Å². The van der Waals surface area contributed by atoms with E-state index in [1.165, 1.54) is 12.3 Å². The second-order valence-corrected chi connectivity index (χ2v) is 8.01. The van der Waals surface area contributed by atoms with Gasteiger partial charge in [0.1, 0.15) is 11.4 Å². The zero-order valence-electron chi connectivity index (χ0n) is 17.7. The molecule has 170 valence electrons. The van der Waals surface area contributed by atoms with Gasteiger partial charge < -0.3 is 21.3 Å². The third-order valence-electron chi connectivity index (χ3n) is 5.28. The number of nitrogens with one attached hydrogen (secondary N) is 2. The molecular weight excluding hydrogens is 444 g/mol. The first kappa shape index (κ1) is 22.3. The zero-order valence-corrected chi connectivity index (χ0v) is 18.5. The summed E-state index contributed by atoms with van der Waals surface area (Å²) in [6.07, 6.45) is 8.00. The van der Waals surface area contributed by atoms with Gasteiger partial charge in [0.05, 0.1) is 17.9 Å². The van der Waals surface area contributed by atoms with Gasteiger partial charge in [0.15, 0.2) is 0 Å². The fraction of sp³-hybridized carbons (Fsp3) is 0.227. The molecule has 2 aromatic heterocycles. The molecule has 3 aromatic rings. The summed E-state index contributed by atoms with van der Waals surface area (Å²) in [6.45, 7) is 4.86. The van der Waals surface area contributed by atoms with Crippen molar-refractivity contribution < 1.29 is 9.59 Å². The highest BCUT2D eigenvalue weighted by atomic mass is 35.5. The molecule has 1 unspecified atom stereocenters. The van der Waals surface area contributed by atoms with Crippen molar-refractivity contribution in [3.63, 3.8) is 0 Å². The van der Waals surface area contributed by atoms with E-state index in [0.717, 1.165) is 19.4 Å². The summed E-state index contributed by atoms with van der Waals surface area (Å²) in [5.41, 5.74) is 6.99. The van der Waals surface area contributed by atoms with Crippen LogP contribution in [-0.2, 0) is 4.79 Å². The van der Waals surface area contributed by atoms with Crippen molar-refractivity contribution in [2.75, 3.05) is 23.7 Å². The van der Waals surface area contributed by atoms with Crippen molar-refractivity contribution in [3.8, 4) is 0 Å². The molecule has 3 heterocycles. The van der Waals surface area contributed by atoms with Gasteiger partial charge >= 0.3 is 0 Å². The van der Waals surface area contributed by atoms with E-state index in [9.17, 15) is 9.59 Å². The topological polar surface area (TPSA) is 131 Å².